The van der Waals surface area contributed by atoms with Crippen molar-refractivity contribution in [1.29, 1.82) is 0 Å². The first kappa shape index (κ1) is 13.2. The summed E-state index contributed by atoms with van der Waals surface area (Å²) in [6.07, 6.45) is 5.54. The summed E-state index contributed by atoms with van der Waals surface area (Å²) >= 11 is 0. The Morgan fingerprint density at radius 3 is 2.72 bits per heavy atom. The third-order valence-electron chi connectivity index (χ3n) is 3.36. The van der Waals surface area contributed by atoms with Gasteiger partial charge in [-0.2, -0.15) is 4.98 Å². The molecular weight excluding hydrogens is 232 g/mol. The standard InChI is InChI=1S/C13H20N2O3/c1-3-17-13(7-5-4-6-8-13)12-14-11(18-15-12)9-10(2)16/h3-9H2,1-2H3. The molecule has 5 nitrogen and oxygen atoms in total. The third kappa shape index (κ3) is 2.77. The van der Waals surface area contributed by atoms with Crippen molar-refractivity contribution in [2.75, 3.05) is 6.61 Å². The lowest BCUT2D eigenvalue weighted by Crippen LogP contribution is -2.33. The number of hydrogen-bond donors (Lipinski definition) is 0. The molecule has 5 heteroatoms. The van der Waals surface area contributed by atoms with E-state index in [1.165, 1.54) is 13.3 Å². The minimum atomic E-state index is -0.397. The second-order valence-electron chi connectivity index (χ2n) is 4.88. The Kier molecular flexibility index (Phi) is 4.11. The molecule has 0 atom stereocenters. The van der Waals surface area contributed by atoms with Gasteiger partial charge in [0.05, 0.1) is 6.42 Å². The van der Waals surface area contributed by atoms with Crippen LogP contribution in [-0.2, 0) is 21.6 Å². The smallest absolute Gasteiger partial charge is 0.234 e. The van der Waals surface area contributed by atoms with Crippen LogP contribution < -0.4 is 0 Å². The van der Waals surface area contributed by atoms with Gasteiger partial charge in [0, 0.05) is 6.61 Å². The van der Waals surface area contributed by atoms with Crippen LogP contribution in [0.2, 0.25) is 0 Å². The van der Waals surface area contributed by atoms with Crippen molar-refractivity contribution in [1.82, 2.24) is 10.1 Å². The Morgan fingerprint density at radius 1 is 1.39 bits per heavy atom. The molecule has 0 aliphatic heterocycles. The molecule has 0 N–H and O–H groups in total. The molecule has 0 spiro atoms. The van der Waals surface area contributed by atoms with E-state index in [2.05, 4.69) is 10.1 Å². The fraction of sp³-hybridized carbons (Fsp3) is 0.769. The van der Waals surface area contributed by atoms with Crippen molar-refractivity contribution in [3.63, 3.8) is 0 Å². The summed E-state index contributed by atoms with van der Waals surface area (Å²) < 4.78 is 11.0. The summed E-state index contributed by atoms with van der Waals surface area (Å²) in [4.78, 5) is 15.4. The van der Waals surface area contributed by atoms with E-state index >= 15 is 0 Å². The predicted molar refractivity (Wildman–Crippen MR) is 65.1 cm³/mol. The summed E-state index contributed by atoms with van der Waals surface area (Å²) in [5.74, 6) is 1.03. The summed E-state index contributed by atoms with van der Waals surface area (Å²) in [5.41, 5.74) is -0.397. The van der Waals surface area contributed by atoms with Gasteiger partial charge >= 0.3 is 0 Å². The Bertz CT molecular complexity index is 403. The van der Waals surface area contributed by atoms with E-state index in [1.54, 1.807) is 0 Å². The van der Waals surface area contributed by atoms with Crippen LogP contribution in [0, 0.1) is 0 Å². The first-order valence-electron chi connectivity index (χ1n) is 6.63. The highest BCUT2D eigenvalue weighted by Gasteiger charge is 2.39. The second-order valence-corrected chi connectivity index (χ2v) is 4.88. The largest absolute Gasteiger partial charge is 0.367 e. The molecule has 1 saturated carbocycles. The predicted octanol–water partition coefficient (Wildman–Crippen LogP) is 2.40. The number of carbonyl (C=O) groups is 1. The maximum absolute atomic E-state index is 11.0. The van der Waals surface area contributed by atoms with E-state index < -0.39 is 5.60 Å². The monoisotopic (exact) mass is 252 g/mol. The quantitative estimate of drug-likeness (QED) is 0.805. The molecule has 0 amide bonds. The van der Waals surface area contributed by atoms with E-state index in [1.807, 2.05) is 6.92 Å². The van der Waals surface area contributed by atoms with Crippen LogP contribution >= 0.6 is 0 Å². The number of aromatic nitrogens is 2. The van der Waals surface area contributed by atoms with Gasteiger partial charge in [0.15, 0.2) is 0 Å². The highest BCUT2D eigenvalue weighted by atomic mass is 16.5. The molecule has 0 radical (unpaired) electrons. The minimum absolute atomic E-state index is 0.0271. The Hall–Kier alpha value is -1.23. The molecule has 18 heavy (non-hydrogen) atoms. The van der Waals surface area contributed by atoms with Crippen molar-refractivity contribution < 1.29 is 14.1 Å². The van der Waals surface area contributed by atoms with Gasteiger partial charge in [0.1, 0.15) is 11.4 Å². The summed E-state index contributed by atoms with van der Waals surface area (Å²) in [6.45, 7) is 4.13. The van der Waals surface area contributed by atoms with Gasteiger partial charge in [-0.25, -0.2) is 0 Å². The molecule has 2 rings (SSSR count). The molecule has 1 aliphatic carbocycles. The van der Waals surface area contributed by atoms with Crippen LogP contribution in [-0.4, -0.2) is 22.5 Å². The zero-order valence-electron chi connectivity index (χ0n) is 11.1. The number of ketones is 1. The molecule has 0 bridgehead atoms. The first-order chi connectivity index (χ1) is 8.66. The van der Waals surface area contributed by atoms with Gasteiger partial charge in [0.25, 0.3) is 0 Å². The van der Waals surface area contributed by atoms with Crippen molar-refractivity contribution in [2.45, 2.75) is 58.0 Å². The topological polar surface area (TPSA) is 65.2 Å². The van der Waals surface area contributed by atoms with Crippen molar-refractivity contribution in [2.24, 2.45) is 0 Å². The van der Waals surface area contributed by atoms with Gasteiger partial charge in [-0.05, 0) is 26.7 Å². The van der Waals surface area contributed by atoms with E-state index in [0.717, 1.165) is 25.7 Å². The summed E-state index contributed by atoms with van der Waals surface area (Å²) in [7, 11) is 0. The molecule has 1 heterocycles. The molecule has 100 valence electrons. The van der Waals surface area contributed by atoms with E-state index in [4.69, 9.17) is 9.26 Å². The van der Waals surface area contributed by atoms with Crippen LogP contribution in [0.5, 0.6) is 0 Å². The molecule has 1 aliphatic rings. The molecular formula is C13H20N2O3. The fourth-order valence-electron chi connectivity index (χ4n) is 2.56. The first-order valence-corrected chi connectivity index (χ1v) is 6.63. The maximum atomic E-state index is 11.0. The summed E-state index contributed by atoms with van der Waals surface area (Å²) in [6, 6.07) is 0. The van der Waals surface area contributed by atoms with E-state index in [-0.39, 0.29) is 12.2 Å². The number of hydrogen-bond acceptors (Lipinski definition) is 5. The number of Topliss-reactive ketones (excluding diaryl/α,β-unsaturated/α-hetero) is 1. The number of ether oxygens (including phenoxy) is 1. The van der Waals surface area contributed by atoms with Crippen LogP contribution in [0.15, 0.2) is 4.52 Å². The normalized spacial score (nSPS) is 18.8. The minimum Gasteiger partial charge on any atom is -0.367 e. The van der Waals surface area contributed by atoms with E-state index in [9.17, 15) is 4.79 Å². The molecule has 0 saturated heterocycles. The lowest BCUT2D eigenvalue weighted by Gasteiger charge is -2.33. The maximum Gasteiger partial charge on any atom is 0.234 e. The average Bonchev–Trinajstić information content (AvgIpc) is 2.79. The molecule has 1 fully saturated rings. The van der Waals surface area contributed by atoms with Crippen LogP contribution in [0.4, 0.5) is 0 Å². The molecule has 0 aromatic carbocycles. The number of nitrogens with zero attached hydrogens (tertiary/aromatic N) is 2. The van der Waals surface area contributed by atoms with Crippen molar-refractivity contribution >= 4 is 5.78 Å². The molecule has 0 unspecified atom stereocenters. The van der Waals surface area contributed by atoms with Gasteiger partial charge < -0.3 is 9.26 Å². The number of rotatable bonds is 5. The Morgan fingerprint density at radius 2 is 2.11 bits per heavy atom. The van der Waals surface area contributed by atoms with Gasteiger partial charge in [-0.3, -0.25) is 4.79 Å². The Labute approximate surface area is 107 Å². The van der Waals surface area contributed by atoms with Gasteiger partial charge in [-0.1, -0.05) is 24.4 Å². The molecule has 1 aromatic heterocycles. The van der Waals surface area contributed by atoms with Crippen molar-refractivity contribution in [3.05, 3.63) is 11.7 Å². The third-order valence-corrected chi connectivity index (χ3v) is 3.36. The number of carbonyl (C=O) groups excluding carboxylic acids is 1. The second kappa shape index (κ2) is 5.61. The zero-order chi connectivity index (χ0) is 13.0. The lowest BCUT2D eigenvalue weighted by atomic mass is 9.84. The highest BCUT2D eigenvalue weighted by molar-refractivity contribution is 5.77. The van der Waals surface area contributed by atoms with Crippen molar-refractivity contribution in [3.8, 4) is 0 Å². The average molecular weight is 252 g/mol. The fourth-order valence-corrected chi connectivity index (χ4v) is 2.56. The summed E-state index contributed by atoms with van der Waals surface area (Å²) in [5, 5.41) is 4.02. The van der Waals surface area contributed by atoms with Crippen LogP contribution in [0.1, 0.15) is 57.7 Å². The lowest BCUT2D eigenvalue weighted by molar-refractivity contribution is -0.116. The highest BCUT2D eigenvalue weighted by Crippen LogP contribution is 2.39. The SMILES string of the molecule is CCOC1(c2noc(CC(C)=O)n2)CCCCC1. The van der Waals surface area contributed by atoms with Gasteiger partial charge in [-0.15, -0.1) is 0 Å². The zero-order valence-corrected chi connectivity index (χ0v) is 11.1. The van der Waals surface area contributed by atoms with Gasteiger partial charge in [0.2, 0.25) is 11.7 Å². The Balaban J connectivity index is 2.19. The van der Waals surface area contributed by atoms with Crippen LogP contribution in [0.25, 0.3) is 0 Å². The van der Waals surface area contributed by atoms with E-state index in [0.29, 0.717) is 18.3 Å². The molecule has 1 aromatic rings. The van der Waals surface area contributed by atoms with Crippen LogP contribution in [0.3, 0.4) is 0 Å².